The molecule has 6 N–H and O–H groups in total. The molecule has 16 heavy (non-hydrogen) atoms. The molecule has 1 aromatic rings. The first-order valence-corrected chi connectivity index (χ1v) is 6.82. The van der Waals surface area contributed by atoms with Gasteiger partial charge in [0.1, 0.15) is 0 Å². The van der Waals surface area contributed by atoms with E-state index in [-0.39, 0.29) is 13.2 Å². The molecule has 0 atom stereocenters. The van der Waals surface area contributed by atoms with Crippen LogP contribution in [0.1, 0.15) is 0 Å². The Morgan fingerprint density at radius 3 is 1.69 bits per heavy atom. The summed E-state index contributed by atoms with van der Waals surface area (Å²) in [6.45, 7) is 0.237. The van der Waals surface area contributed by atoms with Crippen LogP contribution in [0, 0.1) is 0 Å². The highest BCUT2D eigenvalue weighted by Crippen LogP contribution is 2.34. The average molecular weight is 260 g/mol. The van der Waals surface area contributed by atoms with Crippen molar-refractivity contribution in [1.82, 2.24) is 0 Å². The first-order valence-electron chi connectivity index (χ1n) is 4.85. The Hall–Kier alpha value is -0.560. The third-order valence-electron chi connectivity index (χ3n) is 1.84. The SMILES string of the molecule is Nc1cc(N)c(SCCO)cc1SCCO. The number of hydrogen-bond acceptors (Lipinski definition) is 6. The summed E-state index contributed by atoms with van der Waals surface area (Å²) in [6.07, 6.45) is 0. The Balaban J connectivity index is 2.83. The third kappa shape index (κ3) is 3.79. The smallest absolute Gasteiger partial charge is 0.0525 e. The first-order chi connectivity index (χ1) is 7.69. The molecule has 0 aromatic heterocycles. The number of benzene rings is 1. The largest absolute Gasteiger partial charge is 0.398 e. The number of hydrogen-bond donors (Lipinski definition) is 4. The van der Waals surface area contributed by atoms with Crippen molar-refractivity contribution in [3.63, 3.8) is 0 Å². The van der Waals surface area contributed by atoms with E-state index in [0.717, 1.165) is 9.79 Å². The first kappa shape index (κ1) is 13.5. The van der Waals surface area contributed by atoms with Gasteiger partial charge >= 0.3 is 0 Å². The summed E-state index contributed by atoms with van der Waals surface area (Å²) in [5, 5.41) is 17.5. The highest BCUT2D eigenvalue weighted by molar-refractivity contribution is 8.00. The van der Waals surface area contributed by atoms with Crippen molar-refractivity contribution < 1.29 is 10.2 Å². The van der Waals surface area contributed by atoms with Gasteiger partial charge in [-0.05, 0) is 12.1 Å². The molecule has 1 rings (SSSR count). The van der Waals surface area contributed by atoms with Crippen molar-refractivity contribution in [3.05, 3.63) is 12.1 Å². The van der Waals surface area contributed by atoms with E-state index in [1.165, 1.54) is 23.5 Å². The molecular weight excluding hydrogens is 244 g/mol. The average Bonchev–Trinajstić information content (AvgIpc) is 2.26. The molecule has 0 aliphatic rings. The summed E-state index contributed by atoms with van der Waals surface area (Å²) < 4.78 is 0. The number of nitrogen functional groups attached to an aromatic ring is 2. The van der Waals surface area contributed by atoms with Crippen LogP contribution in [0.3, 0.4) is 0 Å². The van der Waals surface area contributed by atoms with Crippen LogP contribution in [0.5, 0.6) is 0 Å². The van der Waals surface area contributed by atoms with E-state index < -0.39 is 0 Å². The van der Waals surface area contributed by atoms with Gasteiger partial charge in [-0.15, -0.1) is 23.5 Å². The molecule has 0 amide bonds. The molecule has 0 spiro atoms. The van der Waals surface area contributed by atoms with Crippen LogP contribution in [-0.4, -0.2) is 34.9 Å². The molecule has 0 aliphatic carbocycles. The van der Waals surface area contributed by atoms with Gasteiger partial charge in [-0.1, -0.05) is 0 Å². The quantitative estimate of drug-likeness (QED) is 0.451. The Morgan fingerprint density at radius 1 is 0.875 bits per heavy atom. The van der Waals surface area contributed by atoms with E-state index in [4.69, 9.17) is 21.7 Å². The minimum atomic E-state index is 0.119. The molecule has 6 heteroatoms. The summed E-state index contributed by atoms with van der Waals surface area (Å²) in [7, 11) is 0. The molecule has 0 bridgehead atoms. The summed E-state index contributed by atoms with van der Waals surface area (Å²) in [4.78, 5) is 1.84. The maximum Gasteiger partial charge on any atom is 0.0525 e. The van der Waals surface area contributed by atoms with Gasteiger partial charge in [0, 0.05) is 32.7 Å². The molecule has 1 aromatic carbocycles. The maximum atomic E-state index is 8.76. The second kappa shape index (κ2) is 6.90. The fraction of sp³-hybridized carbons (Fsp3) is 0.400. The summed E-state index contributed by atoms with van der Waals surface area (Å²) >= 11 is 2.99. The molecule has 4 nitrogen and oxygen atoms in total. The Labute approximate surface area is 103 Å². The van der Waals surface area contributed by atoms with Crippen molar-refractivity contribution in [2.24, 2.45) is 0 Å². The maximum absolute atomic E-state index is 8.76. The zero-order valence-electron chi connectivity index (χ0n) is 8.85. The monoisotopic (exact) mass is 260 g/mol. The summed E-state index contributed by atoms with van der Waals surface area (Å²) in [5.74, 6) is 1.22. The van der Waals surface area contributed by atoms with Gasteiger partial charge in [0.15, 0.2) is 0 Å². The number of aliphatic hydroxyl groups is 2. The highest BCUT2D eigenvalue weighted by atomic mass is 32.2. The van der Waals surface area contributed by atoms with Crippen LogP contribution in [0.2, 0.25) is 0 Å². The fourth-order valence-corrected chi connectivity index (χ4v) is 2.71. The minimum absolute atomic E-state index is 0.119. The molecule has 0 saturated carbocycles. The standard InChI is InChI=1S/C10H16N2O2S2/c11-7-5-8(12)10(16-4-2-14)6-9(7)15-3-1-13/h5-6,13-14H,1-4,11-12H2. The predicted octanol–water partition coefficient (Wildman–Crippen LogP) is 1.02. The normalized spacial score (nSPS) is 10.6. The fourth-order valence-electron chi connectivity index (χ4n) is 1.16. The molecule has 0 saturated heterocycles. The lowest BCUT2D eigenvalue weighted by Crippen LogP contribution is -1.97. The van der Waals surface area contributed by atoms with E-state index in [1.807, 2.05) is 6.07 Å². The van der Waals surface area contributed by atoms with Gasteiger partial charge in [0.05, 0.1) is 13.2 Å². The lowest BCUT2D eigenvalue weighted by molar-refractivity contribution is 0.322. The zero-order valence-corrected chi connectivity index (χ0v) is 10.5. The third-order valence-corrected chi connectivity index (χ3v) is 3.94. The Bertz CT molecular complexity index is 319. The van der Waals surface area contributed by atoms with E-state index in [0.29, 0.717) is 22.9 Å². The van der Waals surface area contributed by atoms with E-state index in [9.17, 15) is 0 Å². The van der Waals surface area contributed by atoms with Crippen LogP contribution in [0.4, 0.5) is 11.4 Å². The molecule has 0 fully saturated rings. The molecule has 0 aliphatic heterocycles. The van der Waals surface area contributed by atoms with E-state index >= 15 is 0 Å². The molecule has 0 unspecified atom stereocenters. The highest BCUT2D eigenvalue weighted by Gasteiger charge is 2.06. The van der Waals surface area contributed by atoms with Crippen molar-refractivity contribution in [1.29, 1.82) is 0 Å². The van der Waals surface area contributed by atoms with Crippen LogP contribution in [-0.2, 0) is 0 Å². The van der Waals surface area contributed by atoms with Gasteiger partial charge in [-0.25, -0.2) is 0 Å². The minimum Gasteiger partial charge on any atom is -0.398 e. The van der Waals surface area contributed by atoms with Gasteiger partial charge in [-0.2, -0.15) is 0 Å². The second-order valence-electron chi connectivity index (χ2n) is 3.07. The molecule has 0 heterocycles. The molecular formula is C10H16N2O2S2. The van der Waals surface area contributed by atoms with Crippen molar-refractivity contribution in [2.45, 2.75) is 9.79 Å². The summed E-state index contributed by atoms with van der Waals surface area (Å²) in [6, 6.07) is 3.63. The summed E-state index contributed by atoms with van der Waals surface area (Å²) in [5.41, 5.74) is 12.9. The van der Waals surface area contributed by atoms with Crippen molar-refractivity contribution in [3.8, 4) is 0 Å². The lowest BCUT2D eigenvalue weighted by atomic mass is 10.3. The Kier molecular flexibility index (Phi) is 5.83. The van der Waals surface area contributed by atoms with Crippen molar-refractivity contribution >= 4 is 34.9 Å². The number of rotatable bonds is 6. The van der Waals surface area contributed by atoms with Crippen LogP contribution in [0.25, 0.3) is 0 Å². The number of thioether (sulfide) groups is 2. The van der Waals surface area contributed by atoms with Gasteiger partial charge < -0.3 is 21.7 Å². The van der Waals surface area contributed by atoms with Crippen molar-refractivity contribution in [2.75, 3.05) is 36.2 Å². The lowest BCUT2D eigenvalue weighted by Gasteiger charge is -2.10. The van der Waals surface area contributed by atoms with Crippen LogP contribution >= 0.6 is 23.5 Å². The number of anilines is 2. The van der Waals surface area contributed by atoms with E-state index in [1.54, 1.807) is 6.07 Å². The number of aliphatic hydroxyl groups excluding tert-OH is 2. The number of nitrogens with two attached hydrogens (primary N) is 2. The topological polar surface area (TPSA) is 92.5 Å². The van der Waals surface area contributed by atoms with Gasteiger partial charge in [0.2, 0.25) is 0 Å². The van der Waals surface area contributed by atoms with Gasteiger partial charge in [0.25, 0.3) is 0 Å². The molecule has 90 valence electrons. The Morgan fingerprint density at radius 2 is 1.31 bits per heavy atom. The van der Waals surface area contributed by atoms with Crippen LogP contribution < -0.4 is 11.5 Å². The second-order valence-corrected chi connectivity index (χ2v) is 5.35. The zero-order chi connectivity index (χ0) is 12.0. The van der Waals surface area contributed by atoms with E-state index in [2.05, 4.69) is 0 Å². The van der Waals surface area contributed by atoms with Crippen LogP contribution in [0.15, 0.2) is 21.9 Å². The molecule has 0 radical (unpaired) electrons. The van der Waals surface area contributed by atoms with Gasteiger partial charge in [-0.3, -0.25) is 0 Å². The predicted molar refractivity (Wildman–Crippen MR) is 70.9 cm³/mol.